The van der Waals surface area contributed by atoms with Crippen LogP contribution in [0.15, 0.2) is 0 Å². The third-order valence-electron chi connectivity index (χ3n) is 1.87. The Kier molecular flexibility index (Phi) is 6.51. The Morgan fingerprint density at radius 2 is 2.00 bits per heavy atom. The lowest BCUT2D eigenvalue weighted by molar-refractivity contribution is -0.139. The molecule has 0 aliphatic rings. The molecule has 0 saturated heterocycles. The average molecular weight is 255 g/mol. The molecule has 16 heavy (non-hydrogen) atoms. The third-order valence-corrected chi connectivity index (χ3v) is 3.34. The molecule has 0 aliphatic heterocycles. The van der Waals surface area contributed by atoms with E-state index >= 15 is 0 Å². The summed E-state index contributed by atoms with van der Waals surface area (Å²) in [6.45, 7) is 2.86. The number of halogens is 1. The number of hydrogen-bond acceptors (Lipinski definition) is 3. The summed E-state index contributed by atoms with van der Waals surface area (Å²) in [6, 6.07) is -1.13. The molecule has 0 saturated carbocycles. The van der Waals surface area contributed by atoms with Gasteiger partial charge in [0.05, 0.1) is 12.4 Å². The highest BCUT2D eigenvalue weighted by Crippen LogP contribution is 2.06. The number of carboxylic acids is 1. The van der Waals surface area contributed by atoms with E-state index in [2.05, 4.69) is 4.72 Å². The summed E-state index contributed by atoms with van der Waals surface area (Å²) in [5, 5.41) is 8.81. The van der Waals surface area contributed by atoms with Crippen LogP contribution >= 0.6 is 0 Å². The van der Waals surface area contributed by atoms with Crippen LogP contribution in [-0.2, 0) is 14.8 Å². The highest BCUT2D eigenvalue weighted by molar-refractivity contribution is 7.89. The van der Waals surface area contributed by atoms with E-state index in [9.17, 15) is 17.6 Å². The largest absolute Gasteiger partial charge is 0.480 e. The molecule has 0 aliphatic carbocycles. The summed E-state index contributed by atoms with van der Waals surface area (Å²) in [5.41, 5.74) is 0. The van der Waals surface area contributed by atoms with Crippen LogP contribution in [0.3, 0.4) is 0 Å². The van der Waals surface area contributed by atoms with Crippen molar-refractivity contribution in [1.82, 2.24) is 4.72 Å². The topological polar surface area (TPSA) is 83.5 Å². The summed E-state index contributed by atoms with van der Waals surface area (Å²) in [7, 11) is -3.70. The molecule has 1 atom stereocenters. The van der Waals surface area contributed by atoms with E-state index in [-0.39, 0.29) is 24.5 Å². The summed E-state index contributed by atoms with van der Waals surface area (Å²) in [6.07, 6.45) is 0.0908. The van der Waals surface area contributed by atoms with Crippen molar-refractivity contribution in [3.8, 4) is 0 Å². The number of alkyl halides is 1. The van der Waals surface area contributed by atoms with E-state index in [0.717, 1.165) is 0 Å². The summed E-state index contributed by atoms with van der Waals surface area (Å²) >= 11 is 0. The van der Waals surface area contributed by atoms with Gasteiger partial charge in [0.15, 0.2) is 0 Å². The van der Waals surface area contributed by atoms with Crippen LogP contribution in [0.25, 0.3) is 0 Å². The predicted molar refractivity (Wildman–Crippen MR) is 58.4 cm³/mol. The lowest BCUT2D eigenvalue weighted by Gasteiger charge is -2.16. The van der Waals surface area contributed by atoms with Gasteiger partial charge in [-0.25, -0.2) is 13.1 Å². The molecule has 0 aromatic rings. The molecule has 0 amide bonds. The fourth-order valence-electron chi connectivity index (χ4n) is 1.19. The van der Waals surface area contributed by atoms with Gasteiger partial charge in [-0.15, -0.1) is 0 Å². The molecule has 96 valence electrons. The van der Waals surface area contributed by atoms with E-state index in [1.54, 1.807) is 13.8 Å². The second kappa shape index (κ2) is 6.80. The van der Waals surface area contributed by atoms with Gasteiger partial charge in [0, 0.05) is 0 Å². The van der Waals surface area contributed by atoms with E-state index in [1.807, 2.05) is 0 Å². The van der Waals surface area contributed by atoms with Gasteiger partial charge in [-0.05, 0) is 18.8 Å². The second-order valence-electron chi connectivity index (χ2n) is 4.00. The SMILES string of the molecule is CC(C)CC(NS(=O)(=O)CCCF)C(=O)O. The number of aliphatic carboxylic acids is 1. The molecule has 5 nitrogen and oxygen atoms in total. The van der Waals surface area contributed by atoms with Crippen LogP contribution in [-0.4, -0.2) is 38.0 Å². The number of rotatable bonds is 8. The van der Waals surface area contributed by atoms with Crippen LogP contribution in [0.1, 0.15) is 26.7 Å². The van der Waals surface area contributed by atoms with Crippen molar-refractivity contribution in [1.29, 1.82) is 0 Å². The number of nitrogens with one attached hydrogen (secondary N) is 1. The summed E-state index contributed by atoms with van der Waals surface area (Å²) in [5.74, 6) is -1.53. The maximum atomic E-state index is 11.8. The first kappa shape index (κ1) is 15.3. The number of hydrogen-bond donors (Lipinski definition) is 2. The molecule has 7 heteroatoms. The fourth-order valence-corrected chi connectivity index (χ4v) is 2.43. The van der Waals surface area contributed by atoms with Gasteiger partial charge in [0.25, 0.3) is 0 Å². The standard InChI is InChI=1S/C9H18FNO4S/c1-7(2)6-8(9(12)13)11-16(14,15)5-3-4-10/h7-8,11H,3-6H2,1-2H3,(H,12,13). The van der Waals surface area contributed by atoms with Crippen LogP contribution in [0.4, 0.5) is 4.39 Å². The predicted octanol–water partition coefficient (Wildman–Crippen LogP) is 0.765. The smallest absolute Gasteiger partial charge is 0.321 e. The van der Waals surface area contributed by atoms with Crippen LogP contribution in [0.2, 0.25) is 0 Å². The Bertz CT molecular complexity index is 315. The molecule has 1 unspecified atom stereocenters. The Hall–Kier alpha value is -0.690. The lowest BCUT2D eigenvalue weighted by Crippen LogP contribution is -2.42. The van der Waals surface area contributed by atoms with Gasteiger partial charge in [0.1, 0.15) is 6.04 Å². The van der Waals surface area contributed by atoms with Crippen molar-refractivity contribution in [2.75, 3.05) is 12.4 Å². The van der Waals surface area contributed by atoms with Crippen LogP contribution in [0, 0.1) is 5.92 Å². The maximum Gasteiger partial charge on any atom is 0.321 e. The first-order valence-corrected chi connectivity index (χ1v) is 6.72. The molecule has 2 N–H and O–H groups in total. The first-order chi connectivity index (χ1) is 7.28. The lowest BCUT2D eigenvalue weighted by atomic mass is 10.1. The van der Waals surface area contributed by atoms with Gasteiger partial charge >= 0.3 is 5.97 Å². The molecular weight excluding hydrogens is 237 g/mol. The van der Waals surface area contributed by atoms with Gasteiger partial charge in [0.2, 0.25) is 10.0 Å². The van der Waals surface area contributed by atoms with Crippen LogP contribution in [0.5, 0.6) is 0 Å². The normalized spacial score (nSPS) is 14.0. The average Bonchev–Trinajstić information content (AvgIpc) is 2.12. The van der Waals surface area contributed by atoms with Crippen molar-refractivity contribution in [3.63, 3.8) is 0 Å². The highest BCUT2D eigenvalue weighted by Gasteiger charge is 2.24. The van der Waals surface area contributed by atoms with E-state index < -0.39 is 28.7 Å². The first-order valence-electron chi connectivity index (χ1n) is 5.07. The molecule has 0 heterocycles. The number of sulfonamides is 1. The zero-order valence-electron chi connectivity index (χ0n) is 9.44. The highest BCUT2D eigenvalue weighted by atomic mass is 32.2. The molecule has 0 bridgehead atoms. The van der Waals surface area contributed by atoms with Crippen molar-refractivity contribution < 1.29 is 22.7 Å². The zero-order chi connectivity index (χ0) is 12.8. The Balaban J connectivity index is 4.44. The Morgan fingerprint density at radius 3 is 2.38 bits per heavy atom. The van der Waals surface area contributed by atoms with E-state index in [1.165, 1.54) is 0 Å². The minimum absolute atomic E-state index is 0.0602. The molecule has 0 spiro atoms. The zero-order valence-corrected chi connectivity index (χ0v) is 10.3. The van der Waals surface area contributed by atoms with Crippen molar-refractivity contribution in [3.05, 3.63) is 0 Å². The molecular formula is C9H18FNO4S. The van der Waals surface area contributed by atoms with E-state index in [4.69, 9.17) is 5.11 Å². The number of carboxylic acid groups (broad SMARTS) is 1. The maximum absolute atomic E-state index is 11.8. The van der Waals surface area contributed by atoms with Gasteiger partial charge in [-0.2, -0.15) is 0 Å². The monoisotopic (exact) mass is 255 g/mol. The Morgan fingerprint density at radius 1 is 1.44 bits per heavy atom. The van der Waals surface area contributed by atoms with Gasteiger partial charge < -0.3 is 5.11 Å². The molecule has 0 fully saturated rings. The molecule has 0 rings (SSSR count). The number of carbonyl (C=O) groups is 1. The summed E-state index contributed by atoms with van der Waals surface area (Å²) < 4.78 is 36.6. The van der Waals surface area contributed by atoms with Gasteiger partial charge in [-0.3, -0.25) is 9.18 Å². The second-order valence-corrected chi connectivity index (χ2v) is 5.87. The van der Waals surface area contributed by atoms with Gasteiger partial charge in [-0.1, -0.05) is 13.8 Å². The van der Waals surface area contributed by atoms with Crippen LogP contribution < -0.4 is 4.72 Å². The molecule has 0 aromatic carbocycles. The molecule has 0 radical (unpaired) electrons. The van der Waals surface area contributed by atoms with Crippen molar-refractivity contribution >= 4 is 16.0 Å². The van der Waals surface area contributed by atoms with E-state index in [0.29, 0.717) is 0 Å². The minimum atomic E-state index is -3.70. The Labute approximate surface area is 95.1 Å². The minimum Gasteiger partial charge on any atom is -0.480 e. The third kappa shape index (κ3) is 6.73. The van der Waals surface area contributed by atoms with Crippen molar-refractivity contribution in [2.45, 2.75) is 32.7 Å². The summed E-state index contributed by atoms with van der Waals surface area (Å²) in [4.78, 5) is 10.8. The quantitative estimate of drug-likeness (QED) is 0.671. The fraction of sp³-hybridized carbons (Fsp3) is 0.889. The molecule has 0 aromatic heterocycles. The van der Waals surface area contributed by atoms with Crippen molar-refractivity contribution in [2.24, 2.45) is 5.92 Å².